The summed E-state index contributed by atoms with van der Waals surface area (Å²) in [7, 11) is 0. The van der Waals surface area contributed by atoms with Crippen molar-refractivity contribution < 1.29 is 24.9 Å². The third-order valence-electron chi connectivity index (χ3n) is 1.63. The molecule has 0 bridgehead atoms. The molecular weight excluding hydrogens is 192 g/mol. The Kier molecular flexibility index (Phi) is 5.77. The van der Waals surface area contributed by atoms with Gasteiger partial charge in [0, 0.05) is 0 Å². The second-order valence-electron chi connectivity index (χ2n) is 2.72. The lowest BCUT2D eigenvalue weighted by Gasteiger charge is -2.06. The van der Waals surface area contributed by atoms with Crippen molar-refractivity contribution >= 4 is 11.9 Å². The van der Waals surface area contributed by atoms with E-state index >= 15 is 0 Å². The summed E-state index contributed by atoms with van der Waals surface area (Å²) in [6, 6.07) is -0.745. The fourth-order valence-corrected chi connectivity index (χ4v) is 0.941. The Balaban J connectivity index is 0.000000292. The van der Waals surface area contributed by atoms with Crippen LogP contribution in [0.15, 0.2) is 0 Å². The molecule has 1 saturated heterocycles. The monoisotopic (exact) mass is 206 g/mol. The molecule has 0 amide bonds. The number of nitrogens with two attached hydrogens (primary N) is 1. The highest BCUT2D eigenvalue weighted by Gasteiger charge is 2.30. The molecule has 14 heavy (non-hydrogen) atoms. The van der Waals surface area contributed by atoms with Crippen LogP contribution >= 0.6 is 0 Å². The van der Waals surface area contributed by atoms with Gasteiger partial charge in [0.1, 0.15) is 6.04 Å². The van der Waals surface area contributed by atoms with Crippen molar-refractivity contribution in [3.8, 4) is 0 Å². The third kappa shape index (κ3) is 4.75. The van der Waals surface area contributed by atoms with Crippen LogP contribution in [-0.4, -0.2) is 52.5 Å². The van der Waals surface area contributed by atoms with Gasteiger partial charge in [-0.15, -0.1) is 0 Å². The van der Waals surface area contributed by atoms with Gasteiger partial charge in [-0.2, -0.15) is 0 Å². The van der Waals surface area contributed by atoms with E-state index in [-0.39, 0.29) is 6.54 Å². The number of hydrogen-bond donors (Lipinski definition) is 5. The molecule has 0 aromatic rings. The van der Waals surface area contributed by atoms with Crippen LogP contribution in [0.25, 0.3) is 0 Å². The highest BCUT2D eigenvalue weighted by atomic mass is 16.4. The Morgan fingerprint density at radius 1 is 1.43 bits per heavy atom. The van der Waals surface area contributed by atoms with Gasteiger partial charge in [0.25, 0.3) is 0 Å². The normalized spacial score (nSPS) is 25.0. The molecule has 82 valence electrons. The molecule has 1 unspecified atom stereocenters. The average molecular weight is 206 g/mol. The standard InChI is InChI=1S/C5H9NO3.C2H5NO2/c7-3-1-2-6-4(3)5(8)9;3-1-2(4)5/h3-4,6-7H,1-2H2,(H,8,9);1,3H2,(H,4,5)/t3?,4-;/m0./s1. The highest BCUT2D eigenvalue weighted by Crippen LogP contribution is 2.05. The van der Waals surface area contributed by atoms with Gasteiger partial charge in [0.2, 0.25) is 0 Å². The first kappa shape index (κ1) is 12.8. The fourth-order valence-electron chi connectivity index (χ4n) is 0.941. The average Bonchev–Trinajstić information content (AvgIpc) is 2.52. The number of carboxylic acid groups (broad SMARTS) is 2. The summed E-state index contributed by atoms with van der Waals surface area (Å²) < 4.78 is 0. The summed E-state index contributed by atoms with van der Waals surface area (Å²) in [5, 5.41) is 27.5. The largest absolute Gasteiger partial charge is 0.480 e. The van der Waals surface area contributed by atoms with E-state index < -0.39 is 24.1 Å². The molecule has 0 aromatic heterocycles. The lowest BCUT2D eigenvalue weighted by Crippen LogP contribution is -2.38. The number of carbonyl (C=O) groups is 2. The maximum atomic E-state index is 10.2. The van der Waals surface area contributed by atoms with E-state index in [1.165, 1.54) is 0 Å². The highest BCUT2D eigenvalue weighted by molar-refractivity contribution is 5.74. The lowest BCUT2D eigenvalue weighted by molar-refractivity contribution is -0.141. The van der Waals surface area contributed by atoms with Crippen LogP contribution in [0.4, 0.5) is 0 Å². The zero-order valence-electron chi connectivity index (χ0n) is 7.51. The molecule has 1 aliphatic rings. The van der Waals surface area contributed by atoms with Crippen molar-refractivity contribution in [1.29, 1.82) is 0 Å². The van der Waals surface area contributed by atoms with Gasteiger partial charge in [-0.05, 0) is 13.0 Å². The van der Waals surface area contributed by atoms with Crippen LogP contribution in [-0.2, 0) is 9.59 Å². The minimum Gasteiger partial charge on any atom is -0.480 e. The first-order valence-corrected chi connectivity index (χ1v) is 4.05. The van der Waals surface area contributed by atoms with Gasteiger partial charge in [-0.25, -0.2) is 0 Å². The van der Waals surface area contributed by atoms with Gasteiger partial charge in [-0.3, -0.25) is 9.59 Å². The van der Waals surface area contributed by atoms with E-state index in [1.807, 2.05) is 0 Å². The number of rotatable bonds is 2. The predicted molar refractivity (Wildman–Crippen MR) is 46.7 cm³/mol. The van der Waals surface area contributed by atoms with Crippen molar-refractivity contribution in [2.45, 2.75) is 18.6 Å². The number of aliphatic hydroxyl groups excluding tert-OH is 1. The van der Waals surface area contributed by atoms with E-state index in [2.05, 4.69) is 11.1 Å². The molecule has 0 radical (unpaired) electrons. The molecule has 6 N–H and O–H groups in total. The van der Waals surface area contributed by atoms with Crippen molar-refractivity contribution in [2.24, 2.45) is 5.73 Å². The smallest absolute Gasteiger partial charge is 0.323 e. The zero-order valence-corrected chi connectivity index (χ0v) is 7.51. The molecule has 7 heteroatoms. The van der Waals surface area contributed by atoms with Gasteiger partial charge in [0.15, 0.2) is 0 Å². The summed E-state index contributed by atoms with van der Waals surface area (Å²) in [6.07, 6.45) is -0.167. The molecule has 1 heterocycles. The SMILES string of the molecule is NCC(=O)O.O=C(O)[C@H]1NCCC1O. The lowest BCUT2D eigenvalue weighted by atomic mass is 10.2. The topological polar surface area (TPSA) is 133 Å². The van der Waals surface area contributed by atoms with E-state index in [1.54, 1.807) is 0 Å². The summed E-state index contributed by atoms with van der Waals surface area (Å²) in [5.41, 5.74) is 4.57. The quantitative estimate of drug-likeness (QED) is 0.347. The van der Waals surface area contributed by atoms with E-state index in [0.717, 1.165) is 0 Å². The molecule has 0 saturated carbocycles. The van der Waals surface area contributed by atoms with Crippen molar-refractivity contribution in [3.05, 3.63) is 0 Å². The molecule has 0 aromatic carbocycles. The first-order valence-electron chi connectivity index (χ1n) is 4.05. The second kappa shape index (κ2) is 6.30. The van der Waals surface area contributed by atoms with Crippen LogP contribution in [0.2, 0.25) is 0 Å². The maximum Gasteiger partial charge on any atom is 0.323 e. The van der Waals surface area contributed by atoms with Crippen molar-refractivity contribution in [1.82, 2.24) is 5.32 Å². The summed E-state index contributed by atoms with van der Waals surface area (Å²) in [5.74, 6) is -1.94. The number of carboxylic acids is 2. The molecular formula is C7H14N2O5. The number of aliphatic carboxylic acids is 2. The Bertz CT molecular complexity index is 208. The minimum absolute atomic E-state index is 0.278. The van der Waals surface area contributed by atoms with Crippen LogP contribution in [0.5, 0.6) is 0 Å². The Morgan fingerprint density at radius 2 is 1.93 bits per heavy atom. The first-order chi connectivity index (χ1) is 6.49. The van der Waals surface area contributed by atoms with Gasteiger partial charge in [0.05, 0.1) is 12.6 Å². The molecule has 2 atom stereocenters. The fraction of sp³-hybridized carbons (Fsp3) is 0.714. The van der Waals surface area contributed by atoms with Crippen LogP contribution in [0, 0.1) is 0 Å². The van der Waals surface area contributed by atoms with Gasteiger partial charge in [-0.1, -0.05) is 0 Å². The van der Waals surface area contributed by atoms with Crippen LogP contribution in [0.3, 0.4) is 0 Å². The zero-order chi connectivity index (χ0) is 11.1. The molecule has 0 aliphatic carbocycles. The van der Waals surface area contributed by atoms with Crippen molar-refractivity contribution in [3.63, 3.8) is 0 Å². The maximum absolute atomic E-state index is 10.2. The van der Waals surface area contributed by atoms with Gasteiger partial charge < -0.3 is 26.4 Å². The van der Waals surface area contributed by atoms with E-state index in [9.17, 15) is 9.59 Å². The Morgan fingerprint density at radius 3 is 2.07 bits per heavy atom. The molecule has 1 aliphatic heterocycles. The van der Waals surface area contributed by atoms with E-state index in [0.29, 0.717) is 13.0 Å². The van der Waals surface area contributed by atoms with Crippen LogP contribution < -0.4 is 11.1 Å². The second-order valence-corrected chi connectivity index (χ2v) is 2.72. The molecule has 1 fully saturated rings. The number of hydrogen-bond acceptors (Lipinski definition) is 5. The predicted octanol–water partition coefficient (Wildman–Crippen LogP) is -2.18. The van der Waals surface area contributed by atoms with Gasteiger partial charge >= 0.3 is 11.9 Å². The summed E-state index contributed by atoms with van der Waals surface area (Å²) in [4.78, 5) is 19.4. The molecule has 1 rings (SSSR count). The molecule has 7 nitrogen and oxygen atoms in total. The minimum atomic E-state index is -0.972. The molecule has 0 spiro atoms. The summed E-state index contributed by atoms with van der Waals surface area (Å²) in [6.45, 7) is 0.318. The number of aliphatic hydroxyl groups is 1. The third-order valence-corrected chi connectivity index (χ3v) is 1.63. The Hall–Kier alpha value is -1.18. The summed E-state index contributed by atoms with van der Waals surface area (Å²) >= 11 is 0. The van der Waals surface area contributed by atoms with Crippen molar-refractivity contribution in [2.75, 3.05) is 13.1 Å². The number of nitrogens with one attached hydrogen (secondary N) is 1. The van der Waals surface area contributed by atoms with E-state index in [4.69, 9.17) is 15.3 Å². The Labute approximate surface area is 80.5 Å². The van der Waals surface area contributed by atoms with Crippen LogP contribution in [0.1, 0.15) is 6.42 Å².